The molecule has 4 amide bonds. The van der Waals surface area contributed by atoms with Crippen LogP contribution in [0.5, 0.6) is 5.88 Å². The molecule has 3 aliphatic carbocycles. The number of nitrogens with zero attached hydrogens (tertiary/aromatic N) is 5. The van der Waals surface area contributed by atoms with Crippen molar-refractivity contribution in [3.63, 3.8) is 0 Å². The number of carbonyl (C=O) groups is 4. The topological polar surface area (TPSA) is 203 Å². The number of rotatable bonds is 8. The molecular weight excluding hydrogens is 777 g/mol. The van der Waals surface area contributed by atoms with Gasteiger partial charge in [-0.05, 0) is 88.5 Å². The van der Waals surface area contributed by atoms with E-state index < -0.39 is 68.7 Å². The fourth-order valence-corrected chi connectivity index (χ4v) is 10.1. The van der Waals surface area contributed by atoms with Gasteiger partial charge in [0.1, 0.15) is 29.8 Å². The van der Waals surface area contributed by atoms with Crippen LogP contribution >= 0.6 is 0 Å². The van der Waals surface area contributed by atoms with E-state index in [2.05, 4.69) is 20.3 Å². The lowest BCUT2D eigenvalue weighted by Gasteiger charge is -2.30. The number of carbonyl (C=O) groups excluding carboxylic acids is 4. The van der Waals surface area contributed by atoms with Crippen molar-refractivity contribution in [2.24, 2.45) is 5.92 Å². The highest BCUT2D eigenvalue weighted by atomic mass is 32.2. The third-order valence-electron chi connectivity index (χ3n) is 12.2. The molecule has 59 heavy (non-hydrogen) atoms. The predicted molar refractivity (Wildman–Crippen MR) is 215 cm³/mol. The summed E-state index contributed by atoms with van der Waals surface area (Å²) in [5, 5.41) is 10.7. The second kappa shape index (κ2) is 15.9. The fourth-order valence-electron chi connectivity index (χ4n) is 8.69. The van der Waals surface area contributed by atoms with Crippen LogP contribution in [0.25, 0.3) is 27.9 Å². The van der Waals surface area contributed by atoms with E-state index in [0.29, 0.717) is 60.5 Å². The first-order valence-electron chi connectivity index (χ1n) is 20.8. The molecule has 5 atom stereocenters. The highest BCUT2D eigenvalue weighted by molar-refractivity contribution is 7.91. The molecule has 17 heteroatoms. The van der Waals surface area contributed by atoms with Crippen LogP contribution in [0.15, 0.2) is 66.9 Å². The van der Waals surface area contributed by atoms with Gasteiger partial charge in [0.05, 0.1) is 28.7 Å². The summed E-state index contributed by atoms with van der Waals surface area (Å²) in [5.74, 6) is -2.02. The summed E-state index contributed by atoms with van der Waals surface area (Å²) in [7, 11) is -3.91. The maximum atomic E-state index is 14.7. The number of nitrogens with one attached hydrogen (secondary N) is 3. The van der Waals surface area contributed by atoms with Crippen molar-refractivity contribution < 1.29 is 37.1 Å². The molecule has 16 nitrogen and oxygen atoms in total. The number of fused-ring (bicyclic) bond motifs is 5. The van der Waals surface area contributed by atoms with E-state index in [0.717, 1.165) is 43.9 Å². The van der Waals surface area contributed by atoms with Crippen LogP contribution in [0.2, 0.25) is 0 Å². The number of hydrogen-bond acceptors (Lipinski definition) is 11. The Kier molecular flexibility index (Phi) is 10.5. The van der Waals surface area contributed by atoms with Gasteiger partial charge in [-0.25, -0.2) is 18.2 Å². The molecule has 0 radical (unpaired) electrons. The van der Waals surface area contributed by atoms with Crippen molar-refractivity contribution in [3.05, 3.63) is 66.9 Å². The average molecular weight is 825 g/mol. The summed E-state index contributed by atoms with van der Waals surface area (Å²) in [6.45, 7) is -0.0329. The molecule has 3 N–H and O–H groups in total. The molecular formula is C42H48N8O8S. The molecule has 1 aromatic carbocycles. The zero-order chi connectivity index (χ0) is 40.7. The molecule has 4 fully saturated rings. The van der Waals surface area contributed by atoms with Crippen molar-refractivity contribution in [1.82, 2.24) is 39.8 Å². The maximum absolute atomic E-state index is 14.7. The molecule has 4 aromatic rings. The summed E-state index contributed by atoms with van der Waals surface area (Å²) >= 11 is 0. The molecule has 3 saturated carbocycles. The van der Waals surface area contributed by atoms with Gasteiger partial charge in [-0.3, -0.25) is 24.1 Å². The van der Waals surface area contributed by atoms with E-state index in [-0.39, 0.29) is 25.5 Å². The molecule has 0 unspecified atom stereocenters. The van der Waals surface area contributed by atoms with Gasteiger partial charge in [0, 0.05) is 30.0 Å². The molecule has 5 aliphatic rings. The number of benzene rings is 1. The minimum atomic E-state index is -3.91. The highest BCUT2D eigenvalue weighted by Crippen LogP contribution is 2.46. The number of hydrogen-bond donors (Lipinski definition) is 3. The Hall–Kier alpha value is -5.58. The number of pyridine rings is 1. The van der Waals surface area contributed by atoms with Gasteiger partial charge in [-0.1, -0.05) is 43.2 Å². The van der Waals surface area contributed by atoms with Crippen LogP contribution in [0.4, 0.5) is 4.79 Å². The Morgan fingerprint density at radius 3 is 2.51 bits per heavy atom. The standard InChI is InChI=1S/C42H48N8O8S/c51-38-35-22-28(57-36-23-34(32-17-10-11-21-43-32)44-37-30-15-8-9-16-31(30)47-50(36)37)25-49(35)39(52)33(45-41(54)58-27-13-6-7-14-27)18-5-3-1-2-4-12-26-24-42(26,46-38)40(53)48-59(55,56)29-19-20-29/h4,8-12,15-17,21,23,26-29,33,35H,1-3,5-7,13-14,18-20,22,24-25H2,(H,45,54)(H,46,51)(H,48,53)/b12-4-/t26-,28-,33+,35+,42-/m1/s1. The number of sulfonamides is 1. The van der Waals surface area contributed by atoms with Gasteiger partial charge < -0.3 is 25.0 Å². The second-order valence-electron chi connectivity index (χ2n) is 16.5. The molecule has 9 rings (SSSR count). The van der Waals surface area contributed by atoms with E-state index in [1.807, 2.05) is 54.6 Å². The second-order valence-corrected chi connectivity index (χ2v) is 18.4. The predicted octanol–water partition coefficient (Wildman–Crippen LogP) is 4.33. The third-order valence-corrected chi connectivity index (χ3v) is 14.0. The lowest BCUT2D eigenvalue weighted by atomic mass is 10.0. The molecule has 0 spiro atoms. The number of alkyl carbamates (subject to hydrolysis) is 1. The minimum Gasteiger partial charge on any atom is -0.472 e. The first-order chi connectivity index (χ1) is 28.6. The Labute approximate surface area is 341 Å². The normalized spacial score (nSPS) is 27.2. The lowest BCUT2D eigenvalue weighted by molar-refractivity contribution is -0.141. The molecule has 3 aromatic heterocycles. The molecule has 5 heterocycles. The van der Waals surface area contributed by atoms with Gasteiger partial charge >= 0.3 is 6.09 Å². The van der Waals surface area contributed by atoms with E-state index in [1.54, 1.807) is 16.8 Å². The Bertz CT molecular complexity index is 2410. The van der Waals surface area contributed by atoms with Crippen molar-refractivity contribution in [3.8, 4) is 17.3 Å². The van der Waals surface area contributed by atoms with Gasteiger partial charge in [-0.2, -0.15) is 9.61 Å². The SMILES string of the molecule is O=C(N[C@H]1CCCCC/C=C\[C@@H]2C[C@@]2(C(=O)NS(=O)(=O)C2CC2)NC(=O)[C@@H]2C[C@@H](Oc3cc(-c4ccccn4)nc4c5ccccc5nn34)CN2C1=O)OC1CCCC1. The summed E-state index contributed by atoms with van der Waals surface area (Å²) in [4.78, 5) is 67.2. The molecule has 310 valence electrons. The first-order valence-corrected chi connectivity index (χ1v) is 22.3. The number of aromatic nitrogens is 4. The Morgan fingerprint density at radius 2 is 1.71 bits per heavy atom. The van der Waals surface area contributed by atoms with Gasteiger partial charge in [0.2, 0.25) is 27.7 Å². The smallest absolute Gasteiger partial charge is 0.408 e. The van der Waals surface area contributed by atoms with Crippen molar-refractivity contribution in [1.29, 1.82) is 0 Å². The Morgan fingerprint density at radius 1 is 0.915 bits per heavy atom. The summed E-state index contributed by atoms with van der Waals surface area (Å²) in [6.07, 6.45) is 11.7. The van der Waals surface area contributed by atoms with E-state index in [9.17, 15) is 27.6 Å². The van der Waals surface area contributed by atoms with Gasteiger partial charge in [0.15, 0.2) is 5.65 Å². The maximum Gasteiger partial charge on any atom is 0.408 e. The minimum absolute atomic E-state index is 0.0267. The molecule has 2 aliphatic heterocycles. The number of amides is 4. The van der Waals surface area contributed by atoms with Crippen molar-refractivity contribution >= 4 is 50.4 Å². The molecule has 1 saturated heterocycles. The van der Waals surface area contributed by atoms with Crippen LogP contribution < -0.4 is 20.1 Å². The zero-order valence-corrected chi connectivity index (χ0v) is 33.4. The molecule has 0 bridgehead atoms. The zero-order valence-electron chi connectivity index (χ0n) is 32.6. The highest BCUT2D eigenvalue weighted by Gasteiger charge is 2.62. The van der Waals surface area contributed by atoms with E-state index >= 15 is 0 Å². The monoisotopic (exact) mass is 824 g/mol. The average Bonchev–Trinajstić information content (AvgIpc) is 4.04. The van der Waals surface area contributed by atoms with Crippen LogP contribution in [0, 0.1) is 5.92 Å². The van der Waals surface area contributed by atoms with Gasteiger partial charge in [0.25, 0.3) is 5.91 Å². The Balaban J connectivity index is 1.05. The lowest BCUT2D eigenvalue weighted by Crippen LogP contribution is -2.58. The quantitative estimate of drug-likeness (QED) is 0.214. The third kappa shape index (κ3) is 8.08. The van der Waals surface area contributed by atoms with E-state index in [1.165, 1.54) is 4.90 Å². The number of allylic oxidation sites excluding steroid dienone is 1. The summed E-state index contributed by atoms with van der Waals surface area (Å²) < 4.78 is 42.1. The summed E-state index contributed by atoms with van der Waals surface area (Å²) in [6, 6.07) is 12.7. The van der Waals surface area contributed by atoms with Crippen molar-refractivity contribution in [2.75, 3.05) is 6.54 Å². The fraction of sp³-hybridized carbons (Fsp3) is 0.500. The van der Waals surface area contributed by atoms with Crippen molar-refractivity contribution in [2.45, 2.75) is 119 Å². The van der Waals surface area contributed by atoms with Crippen LogP contribution in [-0.4, -0.2) is 98.3 Å². The first kappa shape index (κ1) is 38.9. The largest absolute Gasteiger partial charge is 0.472 e. The van der Waals surface area contributed by atoms with Crippen LogP contribution in [0.3, 0.4) is 0 Å². The van der Waals surface area contributed by atoms with E-state index in [4.69, 9.17) is 19.6 Å². The number of ether oxygens (including phenoxy) is 2. The van der Waals surface area contributed by atoms with Gasteiger partial charge in [-0.15, -0.1) is 0 Å². The van der Waals surface area contributed by atoms with Crippen LogP contribution in [-0.2, 0) is 29.1 Å². The van der Waals surface area contributed by atoms with Crippen LogP contribution in [0.1, 0.15) is 83.5 Å². The summed E-state index contributed by atoms with van der Waals surface area (Å²) in [5.41, 5.74) is 0.850.